The molecule has 0 amide bonds. The molecule has 0 bridgehead atoms. The number of carbonyl (C=O) groups is 2. The molecule has 1 aliphatic rings. The van der Waals surface area contributed by atoms with Gasteiger partial charge in [0, 0.05) is 21.7 Å². The van der Waals surface area contributed by atoms with Crippen LogP contribution in [0.1, 0.15) is 27.9 Å². The molecule has 1 aliphatic carbocycles. The summed E-state index contributed by atoms with van der Waals surface area (Å²) in [5.41, 5.74) is 1.71. The molecule has 0 unspecified atom stereocenters. The number of ketones is 2. The molecular formula is C18H13ClO3. The molecule has 1 N–H and O–H groups in total. The van der Waals surface area contributed by atoms with Crippen molar-refractivity contribution in [3.63, 3.8) is 0 Å². The normalized spacial score (nSPS) is 14.2. The Morgan fingerprint density at radius 1 is 0.818 bits per heavy atom. The van der Waals surface area contributed by atoms with E-state index in [1.165, 1.54) is 0 Å². The second kappa shape index (κ2) is 5.78. The van der Waals surface area contributed by atoms with Gasteiger partial charge in [0.05, 0.1) is 0 Å². The zero-order valence-corrected chi connectivity index (χ0v) is 12.4. The molecule has 4 heteroatoms. The molecule has 3 nitrogen and oxygen atoms in total. The number of aryl methyl sites for hydroxylation is 1. The maximum Gasteiger partial charge on any atom is 0.234 e. The lowest BCUT2D eigenvalue weighted by Gasteiger charge is -2.17. The van der Waals surface area contributed by atoms with Gasteiger partial charge >= 0.3 is 0 Å². The Hall–Kier alpha value is -2.39. The molecule has 0 atom stereocenters. The van der Waals surface area contributed by atoms with Crippen molar-refractivity contribution in [2.45, 2.75) is 12.8 Å². The van der Waals surface area contributed by atoms with Crippen molar-refractivity contribution in [1.29, 1.82) is 0 Å². The first-order chi connectivity index (χ1) is 10.6. The first-order valence-electron chi connectivity index (χ1n) is 6.93. The highest BCUT2D eigenvalue weighted by molar-refractivity contribution is 6.52. The summed E-state index contributed by atoms with van der Waals surface area (Å²) in [4.78, 5) is 24.3. The Kier molecular flexibility index (Phi) is 3.82. The van der Waals surface area contributed by atoms with E-state index in [-0.39, 0.29) is 23.3 Å². The van der Waals surface area contributed by atoms with Gasteiger partial charge in [0.2, 0.25) is 11.6 Å². The molecule has 0 fully saturated rings. The van der Waals surface area contributed by atoms with E-state index in [1.54, 1.807) is 30.3 Å². The molecule has 0 radical (unpaired) electrons. The number of halogens is 1. The van der Waals surface area contributed by atoms with Crippen LogP contribution in [-0.2, 0) is 11.2 Å². The van der Waals surface area contributed by atoms with E-state index >= 15 is 0 Å². The van der Waals surface area contributed by atoms with E-state index in [4.69, 9.17) is 11.6 Å². The second-order valence-corrected chi connectivity index (χ2v) is 5.53. The van der Waals surface area contributed by atoms with E-state index in [9.17, 15) is 14.7 Å². The summed E-state index contributed by atoms with van der Waals surface area (Å²) < 4.78 is 0. The van der Waals surface area contributed by atoms with Gasteiger partial charge in [-0.25, -0.2) is 0 Å². The summed E-state index contributed by atoms with van der Waals surface area (Å²) >= 11 is 6.09. The summed E-state index contributed by atoms with van der Waals surface area (Å²) in [5, 5.41) is 10.9. The van der Waals surface area contributed by atoms with Gasteiger partial charge in [0.25, 0.3) is 0 Å². The fraction of sp³-hybridized carbons (Fsp3) is 0.111. The molecule has 2 aromatic rings. The van der Waals surface area contributed by atoms with Crippen molar-refractivity contribution in [2.75, 3.05) is 0 Å². The summed E-state index contributed by atoms with van der Waals surface area (Å²) in [6, 6.07) is 13.9. The molecule has 0 saturated carbocycles. The lowest BCUT2D eigenvalue weighted by Crippen LogP contribution is -2.24. The third-order valence-electron chi connectivity index (χ3n) is 3.80. The zero-order valence-electron chi connectivity index (χ0n) is 11.7. The standard InChI is InChI=1S/C18H13ClO3/c19-15-8-4-1-5-11(15)9-10-14-16(20)12-6-2-3-7-13(12)17(21)18(14)22/h1-8,20H,9-10H2. The van der Waals surface area contributed by atoms with Crippen molar-refractivity contribution >= 4 is 28.9 Å². The van der Waals surface area contributed by atoms with E-state index in [0.717, 1.165) is 5.56 Å². The number of hydrogen-bond donors (Lipinski definition) is 1. The summed E-state index contributed by atoms with van der Waals surface area (Å²) in [5.74, 6) is -1.31. The number of aliphatic hydroxyl groups excluding tert-OH is 1. The van der Waals surface area contributed by atoms with Crippen LogP contribution in [0.4, 0.5) is 0 Å². The van der Waals surface area contributed by atoms with Crippen LogP contribution in [0.2, 0.25) is 5.02 Å². The highest BCUT2D eigenvalue weighted by Gasteiger charge is 2.32. The SMILES string of the molecule is O=C1C(=O)c2ccccc2C(O)=C1CCc1ccccc1Cl. The lowest BCUT2D eigenvalue weighted by atomic mass is 9.86. The number of Topliss-reactive ketones (excluding diaryl/α,β-unsaturated/α-hetero) is 2. The largest absolute Gasteiger partial charge is 0.507 e. The third kappa shape index (κ3) is 2.44. The first-order valence-corrected chi connectivity index (χ1v) is 7.31. The van der Waals surface area contributed by atoms with Crippen LogP contribution in [0.25, 0.3) is 5.76 Å². The zero-order chi connectivity index (χ0) is 15.7. The van der Waals surface area contributed by atoms with E-state index in [1.807, 2.05) is 18.2 Å². The van der Waals surface area contributed by atoms with Crippen LogP contribution in [0.15, 0.2) is 54.1 Å². The topological polar surface area (TPSA) is 54.4 Å². The van der Waals surface area contributed by atoms with Crippen LogP contribution < -0.4 is 0 Å². The average molecular weight is 313 g/mol. The van der Waals surface area contributed by atoms with Crippen molar-refractivity contribution in [3.8, 4) is 0 Å². The third-order valence-corrected chi connectivity index (χ3v) is 4.16. The number of rotatable bonds is 3. The van der Waals surface area contributed by atoms with Gasteiger partial charge in [-0.05, 0) is 24.5 Å². The fourth-order valence-corrected chi connectivity index (χ4v) is 2.84. The minimum absolute atomic E-state index is 0.104. The van der Waals surface area contributed by atoms with E-state index in [2.05, 4.69) is 0 Å². The Labute approximate surface area is 132 Å². The minimum Gasteiger partial charge on any atom is -0.507 e. The van der Waals surface area contributed by atoms with Gasteiger partial charge in [-0.1, -0.05) is 54.1 Å². The number of benzene rings is 2. The van der Waals surface area contributed by atoms with Gasteiger partial charge in [-0.15, -0.1) is 0 Å². The number of hydrogen-bond acceptors (Lipinski definition) is 3. The predicted octanol–water partition coefficient (Wildman–Crippen LogP) is 4.01. The number of allylic oxidation sites excluding steroid dienone is 1. The highest BCUT2D eigenvalue weighted by atomic mass is 35.5. The van der Waals surface area contributed by atoms with Crippen molar-refractivity contribution in [3.05, 3.63) is 75.8 Å². The van der Waals surface area contributed by atoms with Gasteiger partial charge in [0.1, 0.15) is 5.76 Å². The number of aliphatic hydroxyl groups is 1. The fourth-order valence-electron chi connectivity index (χ4n) is 2.61. The molecule has 3 rings (SSSR count). The maximum absolute atomic E-state index is 12.2. The van der Waals surface area contributed by atoms with Crippen LogP contribution in [-0.4, -0.2) is 16.7 Å². The maximum atomic E-state index is 12.2. The van der Waals surface area contributed by atoms with Crippen molar-refractivity contribution < 1.29 is 14.7 Å². The Balaban J connectivity index is 1.95. The molecule has 2 aromatic carbocycles. The van der Waals surface area contributed by atoms with Crippen molar-refractivity contribution in [1.82, 2.24) is 0 Å². The van der Waals surface area contributed by atoms with Gasteiger partial charge in [0.15, 0.2) is 0 Å². The average Bonchev–Trinajstić information content (AvgIpc) is 2.54. The Bertz CT molecular complexity index is 805. The molecule has 110 valence electrons. The highest BCUT2D eigenvalue weighted by Crippen LogP contribution is 2.30. The van der Waals surface area contributed by atoms with E-state index < -0.39 is 11.6 Å². The number of fused-ring (bicyclic) bond motifs is 1. The quantitative estimate of drug-likeness (QED) is 0.871. The molecule has 0 spiro atoms. The Morgan fingerprint density at radius 3 is 2.18 bits per heavy atom. The number of carbonyl (C=O) groups excluding carboxylic acids is 2. The van der Waals surface area contributed by atoms with E-state index in [0.29, 0.717) is 17.0 Å². The van der Waals surface area contributed by atoms with Crippen molar-refractivity contribution in [2.24, 2.45) is 0 Å². The van der Waals surface area contributed by atoms with Crippen LogP contribution >= 0.6 is 11.6 Å². The van der Waals surface area contributed by atoms with Gasteiger partial charge in [-0.2, -0.15) is 0 Å². The smallest absolute Gasteiger partial charge is 0.234 e. The lowest BCUT2D eigenvalue weighted by molar-refractivity contribution is -0.112. The molecule has 0 saturated heterocycles. The molecule has 0 aromatic heterocycles. The molecule has 0 heterocycles. The predicted molar refractivity (Wildman–Crippen MR) is 85.1 cm³/mol. The monoisotopic (exact) mass is 312 g/mol. The summed E-state index contributed by atoms with van der Waals surface area (Å²) in [7, 11) is 0. The first kappa shape index (κ1) is 14.5. The van der Waals surface area contributed by atoms with Gasteiger partial charge in [-0.3, -0.25) is 9.59 Å². The van der Waals surface area contributed by atoms with Crippen LogP contribution in [0, 0.1) is 0 Å². The second-order valence-electron chi connectivity index (χ2n) is 5.12. The minimum atomic E-state index is -0.636. The summed E-state index contributed by atoms with van der Waals surface area (Å²) in [6.45, 7) is 0. The summed E-state index contributed by atoms with van der Waals surface area (Å²) in [6.07, 6.45) is 0.759. The molecule has 22 heavy (non-hydrogen) atoms. The molecular weight excluding hydrogens is 300 g/mol. The molecule has 0 aliphatic heterocycles. The van der Waals surface area contributed by atoms with Crippen LogP contribution in [0.5, 0.6) is 0 Å². The van der Waals surface area contributed by atoms with Gasteiger partial charge < -0.3 is 5.11 Å². The Morgan fingerprint density at radius 2 is 1.45 bits per heavy atom. The van der Waals surface area contributed by atoms with Crippen LogP contribution in [0.3, 0.4) is 0 Å².